The Hall–Kier alpha value is -2.10. The van der Waals surface area contributed by atoms with Gasteiger partial charge < -0.3 is 20.5 Å². The zero-order valence-electron chi connectivity index (χ0n) is 10.7. The largest absolute Gasteiger partial charge is 0.507 e. The molecule has 1 atom stereocenters. The standard InChI is InChI=1S/C13H12IN3O4/c14-9-2-1-7(3-11(9)18)12(19)17-10(13(20)21)4-8-5-15-6-16-8/h1-3,5-6,10,18H,4H2,(H,15,16)(H,17,19)(H,20,21)/t10-/m0/s1. The van der Waals surface area contributed by atoms with Gasteiger partial charge in [-0.25, -0.2) is 9.78 Å². The van der Waals surface area contributed by atoms with E-state index in [1.54, 1.807) is 6.07 Å². The Morgan fingerprint density at radius 2 is 2.19 bits per heavy atom. The summed E-state index contributed by atoms with van der Waals surface area (Å²) in [5, 5.41) is 21.2. The monoisotopic (exact) mass is 401 g/mol. The molecule has 110 valence electrons. The van der Waals surface area contributed by atoms with Gasteiger partial charge in [-0.2, -0.15) is 0 Å². The molecule has 0 unspecified atom stereocenters. The molecule has 1 amide bonds. The molecule has 4 N–H and O–H groups in total. The van der Waals surface area contributed by atoms with Gasteiger partial charge in [-0.1, -0.05) is 0 Å². The first-order valence-corrected chi connectivity index (χ1v) is 7.04. The van der Waals surface area contributed by atoms with Crippen LogP contribution in [-0.4, -0.2) is 38.1 Å². The third kappa shape index (κ3) is 3.94. The first-order valence-electron chi connectivity index (χ1n) is 5.97. The van der Waals surface area contributed by atoms with Crippen molar-refractivity contribution in [3.05, 3.63) is 45.6 Å². The lowest BCUT2D eigenvalue weighted by Gasteiger charge is -2.14. The molecular formula is C13H12IN3O4. The van der Waals surface area contributed by atoms with Crippen molar-refractivity contribution in [1.29, 1.82) is 0 Å². The molecule has 7 nitrogen and oxygen atoms in total. The Morgan fingerprint density at radius 1 is 1.43 bits per heavy atom. The number of phenolic OH excluding ortho intramolecular Hbond substituents is 1. The van der Waals surface area contributed by atoms with Crippen LogP contribution < -0.4 is 5.32 Å². The number of aromatic amines is 1. The summed E-state index contributed by atoms with van der Waals surface area (Å²) in [6.45, 7) is 0. The van der Waals surface area contributed by atoms with E-state index in [-0.39, 0.29) is 17.7 Å². The zero-order valence-corrected chi connectivity index (χ0v) is 12.9. The van der Waals surface area contributed by atoms with Crippen LogP contribution in [-0.2, 0) is 11.2 Å². The predicted molar refractivity (Wildman–Crippen MR) is 82.0 cm³/mol. The molecule has 0 aliphatic rings. The number of carbonyl (C=O) groups is 2. The first-order chi connectivity index (χ1) is 9.97. The molecule has 0 saturated carbocycles. The highest BCUT2D eigenvalue weighted by Crippen LogP contribution is 2.20. The number of carboxylic acids is 1. The summed E-state index contributed by atoms with van der Waals surface area (Å²) in [7, 11) is 0. The van der Waals surface area contributed by atoms with Gasteiger partial charge in [0.05, 0.1) is 9.90 Å². The highest BCUT2D eigenvalue weighted by atomic mass is 127. The number of benzene rings is 1. The van der Waals surface area contributed by atoms with Gasteiger partial charge in [-0.3, -0.25) is 4.79 Å². The van der Waals surface area contributed by atoms with Crippen molar-refractivity contribution < 1.29 is 19.8 Å². The Bertz CT molecular complexity index is 657. The van der Waals surface area contributed by atoms with Gasteiger partial charge in [0.15, 0.2) is 0 Å². The molecule has 1 heterocycles. The summed E-state index contributed by atoms with van der Waals surface area (Å²) in [6, 6.07) is 3.31. The van der Waals surface area contributed by atoms with Crippen LogP contribution in [0.2, 0.25) is 0 Å². The van der Waals surface area contributed by atoms with Gasteiger partial charge in [-0.05, 0) is 40.8 Å². The number of halogens is 1. The van der Waals surface area contributed by atoms with Gasteiger partial charge in [0.2, 0.25) is 0 Å². The van der Waals surface area contributed by atoms with Crippen LogP contribution in [0.4, 0.5) is 0 Å². The molecule has 1 aromatic heterocycles. The summed E-state index contributed by atoms with van der Waals surface area (Å²) in [5.74, 6) is -1.73. The van der Waals surface area contributed by atoms with Crippen LogP contribution in [0.3, 0.4) is 0 Å². The number of aromatic nitrogens is 2. The lowest BCUT2D eigenvalue weighted by Crippen LogP contribution is -2.42. The third-order valence-electron chi connectivity index (χ3n) is 2.79. The zero-order chi connectivity index (χ0) is 15.4. The fourth-order valence-corrected chi connectivity index (χ4v) is 2.05. The van der Waals surface area contributed by atoms with E-state index in [4.69, 9.17) is 5.11 Å². The topological polar surface area (TPSA) is 115 Å². The molecule has 0 radical (unpaired) electrons. The normalized spacial score (nSPS) is 11.9. The second kappa shape index (κ2) is 6.57. The molecular weight excluding hydrogens is 389 g/mol. The Kier molecular flexibility index (Phi) is 4.78. The number of carboxylic acid groups (broad SMARTS) is 1. The summed E-state index contributed by atoms with van der Waals surface area (Å²) < 4.78 is 0.608. The second-order valence-corrected chi connectivity index (χ2v) is 5.47. The number of rotatable bonds is 5. The van der Waals surface area contributed by atoms with Crippen molar-refractivity contribution in [2.45, 2.75) is 12.5 Å². The summed E-state index contributed by atoms with van der Waals surface area (Å²) in [6.07, 6.45) is 3.03. The van der Waals surface area contributed by atoms with E-state index in [0.29, 0.717) is 9.26 Å². The minimum Gasteiger partial charge on any atom is -0.507 e. The van der Waals surface area contributed by atoms with Gasteiger partial charge in [0.25, 0.3) is 5.91 Å². The van der Waals surface area contributed by atoms with E-state index in [1.807, 2.05) is 22.6 Å². The van der Waals surface area contributed by atoms with Gasteiger partial charge in [0, 0.05) is 23.9 Å². The number of hydrogen-bond acceptors (Lipinski definition) is 4. The molecule has 0 spiro atoms. The maximum absolute atomic E-state index is 12.0. The van der Waals surface area contributed by atoms with Gasteiger partial charge >= 0.3 is 5.97 Å². The van der Waals surface area contributed by atoms with Crippen molar-refractivity contribution >= 4 is 34.5 Å². The molecule has 0 aliphatic heterocycles. The smallest absolute Gasteiger partial charge is 0.326 e. The second-order valence-electron chi connectivity index (χ2n) is 4.31. The summed E-state index contributed by atoms with van der Waals surface area (Å²) >= 11 is 1.93. The maximum atomic E-state index is 12.0. The lowest BCUT2D eigenvalue weighted by molar-refractivity contribution is -0.139. The number of aliphatic carboxylic acids is 1. The average Bonchev–Trinajstić information content (AvgIpc) is 2.93. The lowest BCUT2D eigenvalue weighted by atomic mass is 10.1. The summed E-state index contributed by atoms with van der Waals surface area (Å²) in [5.41, 5.74) is 0.803. The molecule has 8 heteroatoms. The highest BCUT2D eigenvalue weighted by molar-refractivity contribution is 14.1. The Balaban J connectivity index is 2.10. The van der Waals surface area contributed by atoms with Crippen LogP contribution in [0.25, 0.3) is 0 Å². The van der Waals surface area contributed by atoms with E-state index in [2.05, 4.69) is 15.3 Å². The van der Waals surface area contributed by atoms with E-state index < -0.39 is 17.9 Å². The van der Waals surface area contributed by atoms with E-state index >= 15 is 0 Å². The summed E-state index contributed by atoms with van der Waals surface area (Å²) in [4.78, 5) is 29.8. The third-order valence-corrected chi connectivity index (χ3v) is 3.70. The molecule has 0 fully saturated rings. The van der Waals surface area contributed by atoms with Gasteiger partial charge in [-0.15, -0.1) is 0 Å². The Labute approximate surface area is 133 Å². The number of amides is 1. The number of H-pyrrole nitrogens is 1. The van der Waals surface area contributed by atoms with Crippen LogP contribution in [0.5, 0.6) is 5.75 Å². The number of nitrogens with one attached hydrogen (secondary N) is 2. The van der Waals surface area contributed by atoms with Crippen molar-refractivity contribution in [3.63, 3.8) is 0 Å². The molecule has 0 saturated heterocycles. The van der Waals surface area contributed by atoms with Crippen molar-refractivity contribution in [2.24, 2.45) is 0 Å². The molecule has 21 heavy (non-hydrogen) atoms. The average molecular weight is 401 g/mol. The van der Waals surface area contributed by atoms with Crippen LogP contribution >= 0.6 is 22.6 Å². The number of nitrogens with zero attached hydrogens (tertiary/aromatic N) is 1. The van der Waals surface area contributed by atoms with Crippen molar-refractivity contribution in [3.8, 4) is 5.75 Å². The predicted octanol–water partition coefficient (Wildman–Crippen LogP) is 1.15. The number of hydrogen-bond donors (Lipinski definition) is 4. The fourth-order valence-electron chi connectivity index (χ4n) is 1.71. The fraction of sp³-hybridized carbons (Fsp3) is 0.154. The number of carbonyl (C=O) groups excluding carboxylic acids is 1. The highest BCUT2D eigenvalue weighted by Gasteiger charge is 2.22. The first kappa shape index (κ1) is 15.3. The van der Waals surface area contributed by atoms with Crippen molar-refractivity contribution in [1.82, 2.24) is 15.3 Å². The van der Waals surface area contributed by atoms with E-state index in [1.165, 1.54) is 24.7 Å². The molecule has 1 aromatic carbocycles. The van der Waals surface area contributed by atoms with Crippen LogP contribution in [0.1, 0.15) is 16.1 Å². The number of aromatic hydroxyl groups is 1. The molecule has 0 aliphatic carbocycles. The number of phenols is 1. The Morgan fingerprint density at radius 3 is 2.76 bits per heavy atom. The maximum Gasteiger partial charge on any atom is 0.326 e. The SMILES string of the molecule is O=C(N[C@@H](Cc1cnc[nH]1)C(=O)O)c1ccc(I)c(O)c1. The quantitative estimate of drug-likeness (QED) is 0.561. The number of imidazole rings is 1. The molecule has 2 rings (SSSR count). The van der Waals surface area contributed by atoms with E-state index in [0.717, 1.165) is 0 Å². The minimum absolute atomic E-state index is 0.0244. The van der Waals surface area contributed by atoms with Gasteiger partial charge in [0.1, 0.15) is 11.8 Å². The molecule has 0 bridgehead atoms. The van der Waals surface area contributed by atoms with Crippen LogP contribution in [0.15, 0.2) is 30.7 Å². The van der Waals surface area contributed by atoms with Crippen LogP contribution in [0, 0.1) is 3.57 Å². The van der Waals surface area contributed by atoms with Crippen molar-refractivity contribution in [2.75, 3.05) is 0 Å². The molecule has 2 aromatic rings. The minimum atomic E-state index is -1.15. The van der Waals surface area contributed by atoms with E-state index in [9.17, 15) is 14.7 Å².